The van der Waals surface area contributed by atoms with Crippen molar-refractivity contribution < 1.29 is 0 Å². The van der Waals surface area contributed by atoms with Gasteiger partial charge >= 0.3 is 0 Å². The van der Waals surface area contributed by atoms with Crippen LogP contribution in [0.1, 0.15) is 201 Å². The van der Waals surface area contributed by atoms with E-state index in [1.807, 2.05) is 12.1 Å². The minimum atomic E-state index is -0.177. The first-order chi connectivity index (χ1) is 41.1. The van der Waals surface area contributed by atoms with Gasteiger partial charge in [-0.2, -0.15) is 5.26 Å². The normalized spacial score (nSPS) is 22.9. The van der Waals surface area contributed by atoms with Crippen LogP contribution in [0.4, 0.5) is 56.9 Å². The van der Waals surface area contributed by atoms with Gasteiger partial charge in [-0.25, -0.2) is 0 Å². The molecule has 0 aromatic heterocycles. The molecule has 0 bridgehead atoms. The zero-order valence-corrected chi connectivity index (χ0v) is 55.0. The third kappa shape index (κ3) is 8.50. The molecule has 4 unspecified atom stereocenters. The summed E-state index contributed by atoms with van der Waals surface area (Å²) in [6, 6.07) is 64.7. The van der Waals surface area contributed by atoms with Crippen LogP contribution in [0.25, 0.3) is 11.1 Å². The quantitative estimate of drug-likeness (QED) is 0.161. The van der Waals surface area contributed by atoms with Crippen molar-refractivity contribution in [2.45, 2.75) is 206 Å². The maximum Gasteiger partial charge on any atom is 0.252 e. The molecule has 2 fully saturated rings. The van der Waals surface area contributed by atoms with E-state index in [-0.39, 0.29) is 50.3 Å². The molecule has 14 rings (SSSR count). The summed E-state index contributed by atoms with van der Waals surface area (Å²) in [6.45, 7) is 38.4. The number of nitriles is 1. The van der Waals surface area contributed by atoms with Gasteiger partial charge in [0.05, 0.1) is 22.7 Å². The molecule has 442 valence electrons. The lowest BCUT2D eigenvalue weighted by Crippen LogP contribution is -2.62. The van der Waals surface area contributed by atoms with Crippen LogP contribution in [-0.4, -0.2) is 17.8 Å². The van der Waals surface area contributed by atoms with E-state index >= 15 is 0 Å². The molecule has 5 nitrogen and oxygen atoms in total. The molecule has 87 heavy (non-hydrogen) atoms. The fourth-order valence-corrected chi connectivity index (χ4v) is 17.2. The predicted octanol–water partition coefficient (Wildman–Crippen LogP) is 20.0. The maximum absolute atomic E-state index is 9.71. The van der Waals surface area contributed by atoms with E-state index in [9.17, 15) is 5.26 Å². The highest BCUT2D eigenvalue weighted by molar-refractivity contribution is 7.00. The summed E-state index contributed by atoms with van der Waals surface area (Å²) in [4.78, 5) is 10.9. The first kappa shape index (κ1) is 57.3. The fraction of sp³-hybridized carbons (Fsp3) is 0.395. The molecule has 2 aliphatic carbocycles. The van der Waals surface area contributed by atoms with Crippen molar-refractivity contribution in [1.82, 2.24) is 0 Å². The maximum atomic E-state index is 9.71. The minimum absolute atomic E-state index is 0.00193. The van der Waals surface area contributed by atoms with Gasteiger partial charge in [0, 0.05) is 67.7 Å². The first-order valence-corrected chi connectivity index (χ1v) is 32.8. The predicted molar refractivity (Wildman–Crippen MR) is 371 cm³/mol. The molecular formula is C81H90BN5. The Hall–Kier alpha value is -7.49. The highest BCUT2D eigenvalue weighted by atomic mass is 15.3. The zero-order valence-electron chi connectivity index (χ0n) is 55.0. The third-order valence-corrected chi connectivity index (χ3v) is 22.8. The Morgan fingerprint density at radius 1 is 0.368 bits per heavy atom. The van der Waals surface area contributed by atoms with Gasteiger partial charge in [-0.3, -0.25) is 0 Å². The Bertz CT molecular complexity index is 4120. The van der Waals surface area contributed by atoms with E-state index < -0.39 is 0 Å². The van der Waals surface area contributed by atoms with E-state index in [1.54, 1.807) is 0 Å². The number of benzene rings is 8. The summed E-state index contributed by atoms with van der Waals surface area (Å²) < 4.78 is 0. The van der Waals surface area contributed by atoms with Crippen LogP contribution < -0.4 is 36.0 Å². The number of fused-ring (bicyclic) bond motifs is 10. The topological polar surface area (TPSA) is 36.8 Å². The number of rotatable bonds is 5. The Balaban J connectivity index is 1.06. The van der Waals surface area contributed by atoms with Crippen molar-refractivity contribution in [3.63, 3.8) is 0 Å². The lowest BCUT2D eigenvalue weighted by Gasteiger charge is -2.51. The average molecular weight is 1140 g/mol. The van der Waals surface area contributed by atoms with Gasteiger partial charge in [-0.15, -0.1) is 0 Å². The summed E-state index contributed by atoms with van der Waals surface area (Å²) >= 11 is 0. The lowest BCUT2D eigenvalue weighted by atomic mass is 9.33. The van der Waals surface area contributed by atoms with Crippen molar-refractivity contribution in [2.24, 2.45) is 0 Å². The molecule has 4 aliphatic heterocycles. The van der Waals surface area contributed by atoms with Gasteiger partial charge in [0.15, 0.2) is 0 Å². The Morgan fingerprint density at radius 2 is 0.759 bits per heavy atom. The fourth-order valence-electron chi connectivity index (χ4n) is 17.2. The van der Waals surface area contributed by atoms with E-state index in [0.29, 0.717) is 5.56 Å². The van der Waals surface area contributed by atoms with Gasteiger partial charge in [-0.05, 0) is 213 Å². The monoisotopic (exact) mass is 1140 g/mol. The minimum Gasteiger partial charge on any atom is -0.334 e. The summed E-state index contributed by atoms with van der Waals surface area (Å²) in [5.41, 5.74) is 27.3. The number of hydrogen-bond donors (Lipinski definition) is 0. The van der Waals surface area contributed by atoms with Crippen LogP contribution in [0.2, 0.25) is 0 Å². The second kappa shape index (κ2) is 19.3. The standard InChI is InChI=1S/C81H90BN5/c1-74(2,3)55-26-32-59(33-27-55)84-69-39-31-58(77(10,11)12)47-65(69)82-66-48-61(86-67-37-25-54(53-23-21-52(51-83)22-24-53)45-63(67)78(13)41-17-19-43-80(78,86)15)36-40-70(66)85(60-34-28-56(29-35-60)75(4,5)6)72-50-62(49-71(84)73(72)82)87-68-38-30-57(76(7,8)9)46-64(68)79(14)42-18-20-44-81(79,87)16/h21-40,45-50H,17-20,41-44H2,1-16H3. The van der Waals surface area contributed by atoms with Crippen molar-refractivity contribution in [3.8, 4) is 17.2 Å². The molecule has 8 aromatic rings. The van der Waals surface area contributed by atoms with E-state index in [1.165, 1.54) is 138 Å². The van der Waals surface area contributed by atoms with E-state index in [2.05, 4.69) is 282 Å². The van der Waals surface area contributed by atoms with Crippen molar-refractivity contribution >= 4 is 80.0 Å². The highest BCUT2D eigenvalue weighted by Gasteiger charge is 2.60. The molecule has 2 saturated carbocycles. The SMILES string of the molecule is CC(C)(C)c1ccc(N2c3ccc(N4c5ccc(-c6ccc(C#N)cc6)cc5C5(C)CCCCC45C)cc3B3c4cc(C(C)(C)C)ccc4N(c4ccc(C(C)(C)C)cc4)c4cc(N5c6ccc(C(C)(C)C)cc6C6(C)CCCCC56C)cc2c43)cc1. The van der Waals surface area contributed by atoms with Crippen LogP contribution >= 0.6 is 0 Å². The van der Waals surface area contributed by atoms with Gasteiger partial charge in [-0.1, -0.05) is 189 Å². The van der Waals surface area contributed by atoms with Crippen LogP contribution in [0.5, 0.6) is 0 Å². The highest BCUT2D eigenvalue weighted by Crippen LogP contribution is 2.64. The Labute approximate surface area is 521 Å². The molecule has 6 aliphatic rings. The Morgan fingerprint density at radius 3 is 1.25 bits per heavy atom. The second-order valence-electron chi connectivity index (χ2n) is 32.1. The molecule has 6 heteroatoms. The van der Waals surface area contributed by atoms with Gasteiger partial charge in [0.2, 0.25) is 0 Å². The summed E-state index contributed by atoms with van der Waals surface area (Å²) in [6.07, 6.45) is 9.35. The van der Waals surface area contributed by atoms with Crippen LogP contribution in [0.3, 0.4) is 0 Å². The van der Waals surface area contributed by atoms with Crippen LogP contribution in [0.15, 0.2) is 158 Å². The smallest absolute Gasteiger partial charge is 0.252 e. The van der Waals surface area contributed by atoms with Crippen molar-refractivity contribution in [2.75, 3.05) is 19.6 Å². The van der Waals surface area contributed by atoms with Crippen molar-refractivity contribution in [1.29, 1.82) is 5.26 Å². The zero-order chi connectivity index (χ0) is 61.3. The van der Waals surface area contributed by atoms with Crippen LogP contribution in [0, 0.1) is 11.3 Å². The number of anilines is 10. The van der Waals surface area contributed by atoms with Gasteiger partial charge in [0.1, 0.15) is 0 Å². The molecule has 0 spiro atoms. The molecule has 4 heterocycles. The van der Waals surface area contributed by atoms with Gasteiger partial charge in [0.25, 0.3) is 6.71 Å². The first-order valence-electron chi connectivity index (χ1n) is 32.8. The number of hydrogen-bond acceptors (Lipinski definition) is 5. The van der Waals surface area contributed by atoms with Gasteiger partial charge < -0.3 is 19.6 Å². The lowest BCUT2D eigenvalue weighted by molar-refractivity contribution is 0.195. The molecule has 4 atom stereocenters. The van der Waals surface area contributed by atoms with E-state index in [0.717, 1.165) is 31.2 Å². The Kier molecular flexibility index (Phi) is 12.7. The van der Waals surface area contributed by atoms with Crippen molar-refractivity contribution in [3.05, 3.63) is 197 Å². The largest absolute Gasteiger partial charge is 0.334 e. The molecule has 0 saturated heterocycles. The summed E-state index contributed by atoms with van der Waals surface area (Å²) in [5.74, 6) is 0. The molecular weight excluding hydrogens is 1050 g/mol. The second-order valence-corrected chi connectivity index (χ2v) is 32.1. The third-order valence-electron chi connectivity index (χ3n) is 22.8. The molecule has 0 radical (unpaired) electrons. The van der Waals surface area contributed by atoms with Crippen LogP contribution in [-0.2, 0) is 32.5 Å². The number of nitrogens with zero attached hydrogens (tertiary/aromatic N) is 5. The molecule has 8 aromatic carbocycles. The summed E-state index contributed by atoms with van der Waals surface area (Å²) in [5, 5.41) is 9.71. The summed E-state index contributed by atoms with van der Waals surface area (Å²) in [7, 11) is 0. The molecule has 0 N–H and O–H groups in total. The molecule has 0 amide bonds. The average Bonchev–Trinajstić information content (AvgIpc) is 1.69. The van der Waals surface area contributed by atoms with E-state index in [4.69, 9.17) is 0 Å².